The maximum absolute atomic E-state index is 12.1. The van der Waals surface area contributed by atoms with Crippen LogP contribution in [0.2, 0.25) is 5.02 Å². The first-order valence-corrected chi connectivity index (χ1v) is 7.21. The number of hydrogen-bond acceptors (Lipinski definition) is 2. The maximum Gasteiger partial charge on any atom is 0.257 e. The van der Waals surface area contributed by atoms with Gasteiger partial charge in [0.1, 0.15) is 4.99 Å². The summed E-state index contributed by atoms with van der Waals surface area (Å²) in [4.78, 5) is 12.4. The molecule has 3 N–H and O–H groups in total. The summed E-state index contributed by atoms with van der Waals surface area (Å²) in [5.74, 6) is -0.273. The average molecular weight is 370 g/mol. The van der Waals surface area contributed by atoms with Crippen molar-refractivity contribution in [3.8, 4) is 0 Å². The fourth-order valence-corrected chi connectivity index (χ4v) is 2.49. The zero-order valence-electron chi connectivity index (χ0n) is 10.2. The molecule has 6 heteroatoms. The Bertz CT molecular complexity index is 673. The fraction of sp³-hybridized carbons (Fsp3) is 0. The number of anilines is 1. The normalized spacial score (nSPS) is 10.1. The van der Waals surface area contributed by atoms with Gasteiger partial charge in [-0.25, -0.2) is 0 Å². The van der Waals surface area contributed by atoms with Crippen molar-refractivity contribution in [3.63, 3.8) is 0 Å². The number of amides is 1. The van der Waals surface area contributed by atoms with E-state index < -0.39 is 0 Å². The third-order valence-corrected chi connectivity index (χ3v) is 3.64. The molecule has 2 aromatic carbocycles. The van der Waals surface area contributed by atoms with Crippen molar-refractivity contribution >= 4 is 56.3 Å². The van der Waals surface area contributed by atoms with Crippen LogP contribution in [-0.4, -0.2) is 10.9 Å². The van der Waals surface area contributed by atoms with Crippen LogP contribution >= 0.6 is 39.7 Å². The minimum Gasteiger partial charge on any atom is -0.389 e. The van der Waals surface area contributed by atoms with Gasteiger partial charge in [-0.3, -0.25) is 4.79 Å². The molecule has 0 bridgehead atoms. The average Bonchev–Trinajstić information content (AvgIpc) is 2.39. The van der Waals surface area contributed by atoms with E-state index in [9.17, 15) is 4.79 Å². The third-order valence-electron chi connectivity index (χ3n) is 2.60. The predicted octanol–water partition coefficient (Wildman–Crippen LogP) is 3.99. The van der Waals surface area contributed by atoms with Gasteiger partial charge in [0.2, 0.25) is 0 Å². The number of carbonyl (C=O) groups excluding carboxylic acids is 1. The molecule has 0 heterocycles. The molecule has 3 nitrogen and oxygen atoms in total. The summed E-state index contributed by atoms with van der Waals surface area (Å²) in [6.45, 7) is 0. The van der Waals surface area contributed by atoms with Crippen molar-refractivity contribution in [1.29, 1.82) is 0 Å². The van der Waals surface area contributed by atoms with Crippen molar-refractivity contribution in [2.45, 2.75) is 0 Å². The molecule has 0 spiro atoms. The van der Waals surface area contributed by atoms with Crippen LogP contribution in [0.5, 0.6) is 0 Å². The molecule has 0 saturated heterocycles. The number of nitrogens with two attached hydrogens (primary N) is 1. The zero-order chi connectivity index (χ0) is 14.7. The standard InChI is InChI=1S/C14H10BrClN2OS/c15-9-3-6-11(12(16)7-9)14(19)18-10-4-1-8(2-5-10)13(17)20/h1-7H,(H2,17,20)(H,18,19). The lowest BCUT2D eigenvalue weighted by molar-refractivity contribution is 0.102. The van der Waals surface area contributed by atoms with Crippen LogP contribution in [0, 0.1) is 0 Å². The third kappa shape index (κ3) is 3.56. The molecule has 20 heavy (non-hydrogen) atoms. The first-order chi connectivity index (χ1) is 9.47. The Labute approximate surface area is 135 Å². The number of thiocarbonyl (C=S) groups is 1. The highest BCUT2D eigenvalue weighted by molar-refractivity contribution is 9.10. The maximum atomic E-state index is 12.1. The number of halogens is 2. The molecule has 0 aromatic heterocycles. The van der Waals surface area contributed by atoms with Gasteiger partial charge in [0, 0.05) is 15.7 Å². The smallest absolute Gasteiger partial charge is 0.257 e. The van der Waals surface area contributed by atoms with Crippen LogP contribution in [0.15, 0.2) is 46.9 Å². The Morgan fingerprint density at radius 3 is 2.40 bits per heavy atom. The van der Waals surface area contributed by atoms with Crippen LogP contribution in [-0.2, 0) is 0 Å². The van der Waals surface area contributed by atoms with E-state index in [0.717, 1.165) is 10.0 Å². The number of rotatable bonds is 3. The Hall–Kier alpha value is -1.43. The molecule has 2 rings (SSSR count). The summed E-state index contributed by atoms with van der Waals surface area (Å²) in [5, 5.41) is 3.15. The zero-order valence-corrected chi connectivity index (χ0v) is 13.3. The lowest BCUT2D eigenvalue weighted by Crippen LogP contribution is -2.13. The minimum atomic E-state index is -0.273. The van der Waals surface area contributed by atoms with Crippen molar-refractivity contribution in [1.82, 2.24) is 0 Å². The summed E-state index contributed by atoms with van der Waals surface area (Å²) in [7, 11) is 0. The Morgan fingerprint density at radius 1 is 1.20 bits per heavy atom. The number of nitrogens with one attached hydrogen (secondary N) is 1. The molecule has 0 fully saturated rings. The van der Waals surface area contributed by atoms with E-state index in [2.05, 4.69) is 21.2 Å². The van der Waals surface area contributed by atoms with Gasteiger partial charge in [0.15, 0.2) is 0 Å². The largest absolute Gasteiger partial charge is 0.389 e. The van der Waals surface area contributed by atoms with Crippen LogP contribution in [0.3, 0.4) is 0 Å². The monoisotopic (exact) mass is 368 g/mol. The molecule has 0 saturated carbocycles. The van der Waals surface area contributed by atoms with Gasteiger partial charge in [-0.2, -0.15) is 0 Å². The number of carbonyl (C=O) groups is 1. The lowest BCUT2D eigenvalue weighted by atomic mass is 10.2. The molecule has 0 radical (unpaired) electrons. The second-order valence-corrected chi connectivity index (χ2v) is 5.78. The van der Waals surface area contributed by atoms with Gasteiger partial charge in [0.05, 0.1) is 10.6 Å². The number of hydrogen-bond donors (Lipinski definition) is 2. The van der Waals surface area contributed by atoms with E-state index in [1.54, 1.807) is 42.5 Å². The van der Waals surface area contributed by atoms with Gasteiger partial charge >= 0.3 is 0 Å². The van der Waals surface area contributed by atoms with Crippen LogP contribution in [0.4, 0.5) is 5.69 Å². The van der Waals surface area contributed by atoms with Crippen LogP contribution in [0.1, 0.15) is 15.9 Å². The van der Waals surface area contributed by atoms with Gasteiger partial charge in [0.25, 0.3) is 5.91 Å². The molecule has 0 unspecified atom stereocenters. The topological polar surface area (TPSA) is 55.1 Å². The van der Waals surface area contributed by atoms with Gasteiger partial charge in [-0.05, 0) is 42.5 Å². The van der Waals surface area contributed by atoms with Crippen molar-refractivity contribution in [2.24, 2.45) is 5.73 Å². The first kappa shape index (κ1) is 15.0. The van der Waals surface area contributed by atoms with Crippen molar-refractivity contribution in [2.75, 3.05) is 5.32 Å². The lowest BCUT2D eigenvalue weighted by Gasteiger charge is -2.08. The van der Waals surface area contributed by atoms with E-state index in [1.165, 1.54) is 0 Å². The van der Waals surface area contributed by atoms with E-state index in [1.807, 2.05) is 0 Å². The van der Waals surface area contributed by atoms with E-state index in [4.69, 9.17) is 29.6 Å². The van der Waals surface area contributed by atoms with Crippen molar-refractivity contribution < 1.29 is 4.79 Å². The van der Waals surface area contributed by atoms with Gasteiger partial charge in [-0.1, -0.05) is 39.7 Å². The molecule has 0 aliphatic carbocycles. The Balaban J connectivity index is 2.17. The summed E-state index contributed by atoms with van der Waals surface area (Å²) in [6.07, 6.45) is 0. The minimum absolute atomic E-state index is 0.273. The summed E-state index contributed by atoms with van der Waals surface area (Å²) >= 11 is 14.2. The highest BCUT2D eigenvalue weighted by atomic mass is 79.9. The van der Waals surface area contributed by atoms with Crippen LogP contribution < -0.4 is 11.1 Å². The predicted molar refractivity (Wildman–Crippen MR) is 89.4 cm³/mol. The summed E-state index contributed by atoms with van der Waals surface area (Å²) in [5.41, 5.74) is 7.32. The number of benzene rings is 2. The molecular weight excluding hydrogens is 360 g/mol. The second kappa shape index (κ2) is 6.35. The van der Waals surface area contributed by atoms with Gasteiger partial charge < -0.3 is 11.1 Å². The second-order valence-electron chi connectivity index (χ2n) is 4.02. The van der Waals surface area contributed by atoms with Crippen molar-refractivity contribution in [3.05, 3.63) is 63.1 Å². The molecule has 0 atom stereocenters. The SMILES string of the molecule is NC(=S)c1ccc(NC(=O)c2ccc(Br)cc2Cl)cc1. The molecule has 1 amide bonds. The molecular formula is C14H10BrClN2OS. The molecule has 102 valence electrons. The van der Waals surface area contributed by atoms with Crippen LogP contribution in [0.25, 0.3) is 0 Å². The quantitative estimate of drug-likeness (QED) is 0.804. The summed E-state index contributed by atoms with van der Waals surface area (Å²) in [6, 6.07) is 12.1. The van der Waals surface area contributed by atoms with E-state index in [0.29, 0.717) is 21.3 Å². The fourth-order valence-electron chi connectivity index (χ4n) is 1.59. The highest BCUT2D eigenvalue weighted by Crippen LogP contribution is 2.22. The van der Waals surface area contributed by atoms with Gasteiger partial charge in [-0.15, -0.1) is 0 Å². The molecule has 0 aliphatic heterocycles. The molecule has 0 aliphatic rings. The Kier molecular flexibility index (Phi) is 4.75. The van der Waals surface area contributed by atoms with E-state index in [-0.39, 0.29) is 5.91 Å². The Morgan fingerprint density at radius 2 is 1.85 bits per heavy atom. The molecule has 2 aromatic rings. The highest BCUT2D eigenvalue weighted by Gasteiger charge is 2.10. The summed E-state index contributed by atoms with van der Waals surface area (Å²) < 4.78 is 0.819. The first-order valence-electron chi connectivity index (χ1n) is 5.63. The van der Waals surface area contributed by atoms with E-state index >= 15 is 0 Å².